The molecule has 2 fully saturated rings. The maximum Gasteiger partial charge on any atom is 0.255 e. The van der Waals surface area contributed by atoms with Gasteiger partial charge in [-0.1, -0.05) is 0 Å². The molecule has 0 aromatic heterocycles. The quantitative estimate of drug-likeness (QED) is 0.437. The summed E-state index contributed by atoms with van der Waals surface area (Å²) in [6, 6.07) is 3.34. The second kappa shape index (κ2) is 12.0. The molecule has 2 saturated heterocycles. The molecule has 2 heterocycles. The van der Waals surface area contributed by atoms with E-state index in [2.05, 4.69) is 31.5 Å². The maximum atomic E-state index is 13.0. The first-order valence-corrected chi connectivity index (χ1v) is 12.1. The lowest BCUT2D eigenvalue weighted by atomic mass is 9.84. The molecule has 178 valence electrons. The molecule has 3 rings (SSSR count). The number of halogens is 1. The molecule has 0 radical (unpaired) electrons. The van der Waals surface area contributed by atoms with Crippen LogP contribution >= 0.6 is 15.9 Å². The molecule has 1 aromatic rings. The number of ketones is 1. The van der Waals surface area contributed by atoms with Crippen molar-refractivity contribution in [2.24, 2.45) is 5.92 Å². The van der Waals surface area contributed by atoms with Gasteiger partial charge in [0.05, 0.1) is 25.3 Å². The van der Waals surface area contributed by atoms with Crippen LogP contribution in [0.2, 0.25) is 0 Å². The number of nitrogen functional groups attached to an aromatic ring is 1. The molecule has 1 atom stereocenters. The minimum absolute atomic E-state index is 0.0579. The first-order valence-electron chi connectivity index (χ1n) is 11.3. The molecule has 0 aliphatic carbocycles. The molecule has 1 amide bonds. The smallest absolute Gasteiger partial charge is 0.255 e. The van der Waals surface area contributed by atoms with E-state index in [1.54, 1.807) is 19.2 Å². The lowest BCUT2D eigenvalue weighted by Crippen LogP contribution is -2.54. The second-order valence-electron chi connectivity index (χ2n) is 8.60. The number of rotatable bonds is 9. The number of amides is 1. The monoisotopic (exact) mass is 510 g/mol. The van der Waals surface area contributed by atoms with Crippen LogP contribution in [0.1, 0.15) is 42.5 Å². The zero-order chi connectivity index (χ0) is 23.1. The Morgan fingerprint density at radius 2 is 1.91 bits per heavy atom. The summed E-state index contributed by atoms with van der Waals surface area (Å²) in [6.45, 7) is 3.97. The van der Waals surface area contributed by atoms with Crippen LogP contribution in [-0.4, -0.2) is 75.7 Å². The summed E-state index contributed by atoms with van der Waals surface area (Å²) in [6.07, 6.45) is 4.11. The van der Waals surface area contributed by atoms with Crippen LogP contribution in [0.4, 0.5) is 5.69 Å². The lowest BCUT2D eigenvalue weighted by molar-refractivity contribution is -0.128. The van der Waals surface area contributed by atoms with Gasteiger partial charge in [-0.25, -0.2) is 0 Å². The van der Waals surface area contributed by atoms with E-state index in [-0.39, 0.29) is 23.8 Å². The number of anilines is 1. The van der Waals surface area contributed by atoms with Crippen molar-refractivity contribution in [1.82, 2.24) is 15.5 Å². The van der Waals surface area contributed by atoms with Gasteiger partial charge < -0.3 is 25.8 Å². The Kier molecular flexibility index (Phi) is 9.34. The molecule has 1 unspecified atom stereocenters. The summed E-state index contributed by atoms with van der Waals surface area (Å²) in [4.78, 5) is 28.3. The number of hydrogen-bond donors (Lipinski definition) is 3. The van der Waals surface area contributed by atoms with Crippen LogP contribution in [0.25, 0.3) is 0 Å². The van der Waals surface area contributed by atoms with Crippen LogP contribution in [0.3, 0.4) is 0 Å². The molecule has 2 aliphatic rings. The van der Waals surface area contributed by atoms with Crippen molar-refractivity contribution in [3.05, 3.63) is 22.2 Å². The van der Waals surface area contributed by atoms with Crippen LogP contribution in [0.5, 0.6) is 5.75 Å². The average molecular weight is 511 g/mol. The van der Waals surface area contributed by atoms with Crippen molar-refractivity contribution in [2.75, 3.05) is 52.7 Å². The van der Waals surface area contributed by atoms with Crippen molar-refractivity contribution in [2.45, 2.75) is 44.2 Å². The molecule has 0 bridgehead atoms. The second-order valence-corrected chi connectivity index (χ2v) is 9.45. The van der Waals surface area contributed by atoms with Gasteiger partial charge in [-0.2, -0.15) is 0 Å². The number of hydrogen-bond acceptors (Lipinski definition) is 7. The Labute approximate surface area is 198 Å². The number of carbonyl (C=O) groups excluding carboxylic acids is 2. The minimum atomic E-state index is -0.174. The number of nitrogens with zero attached hydrogens (tertiary/aromatic N) is 1. The summed E-state index contributed by atoms with van der Waals surface area (Å²) in [5, 5.41) is 6.53. The first kappa shape index (κ1) is 25.0. The highest BCUT2D eigenvalue weighted by atomic mass is 79.9. The number of nitrogens with one attached hydrogen (secondary N) is 2. The Balaban J connectivity index is 1.62. The molecule has 0 spiro atoms. The van der Waals surface area contributed by atoms with Crippen LogP contribution in [0.15, 0.2) is 16.6 Å². The summed E-state index contributed by atoms with van der Waals surface area (Å²) in [5.41, 5.74) is 6.88. The third-order valence-corrected chi connectivity index (χ3v) is 7.22. The van der Waals surface area contributed by atoms with Gasteiger partial charge in [0.1, 0.15) is 5.75 Å². The fraction of sp³-hybridized carbons (Fsp3) is 0.652. The molecule has 1 aromatic carbocycles. The number of Topliss-reactive ketones (excluding diaryl/α,β-unsaturated/α-hetero) is 1. The van der Waals surface area contributed by atoms with Crippen LogP contribution < -0.4 is 21.1 Å². The molecule has 9 heteroatoms. The summed E-state index contributed by atoms with van der Waals surface area (Å²) in [7, 11) is 3.16. The number of likely N-dealkylation sites (tertiary alicyclic amines) is 1. The van der Waals surface area contributed by atoms with Crippen molar-refractivity contribution in [3.63, 3.8) is 0 Å². The number of carbonyl (C=O) groups is 2. The van der Waals surface area contributed by atoms with E-state index in [0.29, 0.717) is 40.4 Å². The van der Waals surface area contributed by atoms with Crippen molar-refractivity contribution in [1.29, 1.82) is 0 Å². The Hall–Kier alpha value is -1.68. The topological polar surface area (TPSA) is 106 Å². The first-order chi connectivity index (χ1) is 15.4. The van der Waals surface area contributed by atoms with Gasteiger partial charge in [0.25, 0.3) is 5.91 Å². The third-order valence-electron chi connectivity index (χ3n) is 6.53. The van der Waals surface area contributed by atoms with Crippen LogP contribution in [0, 0.1) is 5.92 Å². The normalized spacial score (nSPS) is 19.5. The zero-order valence-corrected chi connectivity index (χ0v) is 20.6. The van der Waals surface area contributed by atoms with Gasteiger partial charge in [-0.15, -0.1) is 0 Å². The van der Waals surface area contributed by atoms with E-state index < -0.39 is 0 Å². The van der Waals surface area contributed by atoms with E-state index in [0.717, 1.165) is 51.9 Å². The van der Waals surface area contributed by atoms with Gasteiger partial charge in [-0.3, -0.25) is 14.5 Å². The van der Waals surface area contributed by atoms with E-state index in [1.807, 2.05) is 0 Å². The lowest BCUT2D eigenvalue weighted by Gasteiger charge is -2.41. The number of piperidine rings is 2. The molecule has 2 aliphatic heterocycles. The largest absolute Gasteiger partial charge is 0.496 e. The maximum absolute atomic E-state index is 13.0. The van der Waals surface area contributed by atoms with Gasteiger partial charge in [0.15, 0.2) is 5.78 Å². The van der Waals surface area contributed by atoms with E-state index in [9.17, 15) is 9.59 Å². The highest BCUT2D eigenvalue weighted by Crippen LogP contribution is 2.30. The van der Waals surface area contributed by atoms with Crippen molar-refractivity contribution >= 4 is 33.3 Å². The van der Waals surface area contributed by atoms with Gasteiger partial charge in [0.2, 0.25) is 0 Å². The van der Waals surface area contributed by atoms with Crippen molar-refractivity contribution < 1.29 is 19.1 Å². The van der Waals surface area contributed by atoms with Crippen LogP contribution in [-0.2, 0) is 9.53 Å². The fourth-order valence-corrected chi connectivity index (χ4v) is 5.12. The molecule has 8 nitrogen and oxygen atoms in total. The number of nitrogens with two attached hydrogens (primary N) is 1. The Morgan fingerprint density at radius 1 is 1.22 bits per heavy atom. The van der Waals surface area contributed by atoms with Gasteiger partial charge in [0, 0.05) is 48.9 Å². The summed E-state index contributed by atoms with van der Waals surface area (Å²) < 4.78 is 11.2. The average Bonchev–Trinajstić information content (AvgIpc) is 2.81. The third kappa shape index (κ3) is 6.21. The highest BCUT2D eigenvalue weighted by Gasteiger charge is 2.36. The standard InChI is InChI=1S/C23H35BrN4O4/c1-31-12-7-20(29)22(15-3-8-26-9-4-15)28-10-5-16(6-11-28)27-23(30)17-13-18(24)19(25)14-21(17)32-2/h13-16,22,26H,3-12,25H2,1-2H3,(H,27,30). The van der Waals surface area contributed by atoms with E-state index >= 15 is 0 Å². The predicted octanol–water partition coefficient (Wildman–Crippen LogP) is 2.21. The SMILES string of the molecule is COCCC(=O)C(C1CCNCC1)N1CCC(NC(=O)c2cc(Br)c(N)cc2OC)CC1. The number of methoxy groups -OCH3 is 2. The Morgan fingerprint density at radius 3 is 2.53 bits per heavy atom. The molecule has 32 heavy (non-hydrogen) atoms. The molecule has 4 N–H and O–H groups in total. The van der Waals surface area contributed by atoms with E-state index in [1.165, 1.54) is 7.11 Å². The Bertz CT molecular complexity index is 792. The summed E-state index contributed by atoms with van der Waals surface area (Å²) >= 11 is 3.38. The molecular formula is C23H35BrN4O4. The van der Waals surface area contributed by atoms with E-state index in [4.69, 9.17) is 15.2 Å². The molecule has 0 saturated carbocycles. The zero-order valence-electron chi connectivity index (χ0n) is 19.0. The van der Waals surface area contributed by atoms with Gasteiger partial charge >= 0.3 is 0 Å². The number of ether oxygens (including phenoxy) is 2. The fourth-order valence-electron chi connectivity index (χ4n) is 4.78. The summed E-state index contributed by atoms with van der Waals surface area (Å²) in [5.74, 6) is 0.934. The predicted molar refractivity (Wildman–Crippen MR) is 128 cm³/mol. The van der Waals surface area contributed by atoms with Crippen molar-refractivity contribution in [3.8, 4) is 5.75 Å². The highest BCUT2D eigenvalue weighted by molar-refractivity contribution is 9.10. The van der Waals surface area contributed by atoms with Gasteiger partial charge in [-0.05, 0) is 66.7 Å². The number of benzene rings is 1. The minimum Gasteiger partial charge on any atom is -0.496 e. The molecular weight excluding hydrogens is 476 g/mol.